The summed E-state index contributed by atoms with van der Waals surface area (Å²) in [5.74, 6) is -0.474. The highest BCUT2D eigenvalue weighted by Gasteiger charge is 2.17. The van der Waals surface area contributed by atoms with E-state index in [0.29, 0.717) is 22.7 Å². The Kier molecular flexibility index (Phi) is 5.41. The fourth-order valence-corrected chi connectivity index (χ4v) is 3.44. The molecule has 0 aliphatic heterocycles. The van der Waals surface area contributed by atoms with Gasteiger partial charge in [0.15, 0.2) is 0 Å². The van der Waals surface area contributed by atoms with Crippen molar-refractivity contribution >= 4 is 33.4 Å². The molecule has 0 radical (unpaired) electrons. The average Bonchev–Trinajstić information content (AvgIpc) is 3.07. The minimum absolute atomic E-state index is 0.0790. The van der Waals surface area contributed by atoms with Gasteiger partial charge in [-0.2, -0.15) is 0 Å². The summed E-state index contributed by atoms with van der Waals surface area (Å²) in [4.78, 5) is 29.8. The second kappa shape index (κ2) is 7.74. The number of carbonyl (C=O) groups excluding carboxylic acids is 1. The number of carbonyl (C=O) groups is 1. The molecular formula is C18H21N5O2S. The Morgan fingerprint density at radius 3 is 2.81 bits per heavy atom. The van der Waals surface area contributed by atoms with Crippen LogP contribution in [0.15, 0.2) is 23.1 Å². The summed E-state index contributed by atoms with van der Waals surface area (Å²) < 4.78 is 1.81. The van der Waals surface area contributed by atoms with Gasteiger partial charge in [0, 0.05) is 24.9 Å². The second-order valence-electron chi connectivity index (χ2n) is 6.04. The molecule has 0 saturated heterocycles. The molecule has 3 heterocycles. The number of unbranched alkanes of at least 4 members (excludes halogenated alkanes) is 1. The molecule has 0 aromatic carbocycles. The van der Waals surface area contributed by atoms with Crippen LogP contribution in [-0.4, -0.2) is 25.7 Å². The number of nitrogens with zero attached hydrogens (tertiary/aromatic N) is 4. The topological polar surface area (TPSA) is 89.8 Å². The molecular weight excluding hydrogens is 350 g/mol. The number of aromatic nitrogens is 4. The van der Waals surface area contributed by atoms with Crippen molar-refractivity contribution in [1.82, 2.24) is 19.7 Å². The fraction of sp³-hybridized carbons (Fsp3) is 0.389. The molecule has 0 aliphatic rings. The van der Waals surface area contributed by atoms with Gasteiger partial charge in [-0.3, -0.25) is 14.9 Å². The van der Waals surface area contributed by atoms with Crippen molar-refractivity contribution in [3.63, 3.8) is 0 Å². The van der Waals surface area contributed by atoms with E-state index in [1.54, 1.807) is 18.3 Å². The third-order valence-electron chi connectivity index (χ3n) is 4.08. The van der Waals surface area contributed by atoms with Gasteiger partial charge in [-0.1, -0.05) is 24.7 Å². The van der Waals surface area contributed by atoms with E-state index in [1.807, 2.05) is 18.4 Å². The van der Waals surface area contributed by atoms with Crippen LogP contribution < -0.4 is 10.7 Å². The molecule has 3 aromatic rings. The van der Waals surface area contributed by atoms with Crippen molar-refractivity contribution in [3.05, 3.63) is 44.8 Å². The van der Waals surface area contributed by atoms with Gasteiger partial charge in [-0.05, 0) is 32.4 Å². The van der Waals surface area contributed by atoms with Gasteiger partial charge >= 0.3 is 0 Å². The Hall–Kier alpha value is -2.61. The third-order valence-corrected chi connectivity index (χ3v) is 4.98. The second-order valence-corrected chi connectivity index (χ2v) is 7.10. The van der Waals surface area contributed by atoms with E-state index < -0.39 is 5.91 Å². The molecule has 26 heavy (non-hydrogen) atoms. The van der Waals surface area contributed by atoms with Crippen LogP contribution in [0.2, 0.25) is 0 Å². The molecule has 7 nitrogen and oxygen atoms in total. The summed E-state index contributed by atoms with van der Waals surface area (Å²) in [6.45, 7) is 6.53. The Labute approximate surface area is 155 Å². The average molecular weight is 371 g/mol. The molecule has 1 amide bonds. The predicted molar refractivity (Wildman–Crippen MR) is 103 cm³/mol. The Morgan fingerprint density at radius 2 is 2.08 bits per heavy atom. The van der Waals surface area contributed by atoms with Crippen molar-refractivity contribution in [1.29, 1.82) is 0 Å². The SMILES string of the molecule is CCCCc1nnc(NC(=O)c2cn(CC)c3nc(C)ccc3c2=O)s1. The van der Waals surface area contributed by atoms with E-state index in [0.717, 1.165) is 30.0 Å². The highest BCUT2D eigenvalue weighted by Crippen LogP contribution is 2.18. The zero-order valence-corrected chi connectivity index (χ0v) is 15.9. The maximum absolute atomic E-state index is 12.7. The summed E-state index contributed by atoms with van der Waals surface area (Å²) in [6.07, 6.45) is 4.50. The maximum atomic E-state index is 12.7. The van der Waals surface area contributed by atoms with Crippen LogP contribution in [-0.2, 0) is 13.0 Å². The Morgan fingerprint density at radius 1 is 1.27 bits per heavy atom. The van der Waals surface area contributed by atoms with E-state index >= 15 is 0 Å². The van der Waals surface area contributed by atoms with Crippen LogP contribution in [0.1, 0.15) is 47.7 Å². The Bertz CT molecular complexity index is 1010. The van der Waals surface area contributed by atoms with Crippen molar-refractivity contribution in [2.45, 2.75) is 46.6 Å². The van der Waals surface area contributed by atoms with Crippen LogP contribution in [0.3, 0.4) is 0 Å². The first-order valence-corrected chi connectivity index (χ1v) is 9.49. The molecule has 8 heteroatoms. The summed E-state index contributed by atoms with van der Waals surface area (Å²) in [7, 11) is 0. The quantitative estimate of drug-likeness (QED) is 0.719. The molecule has 0 bridgehead atoms. The number of hydrogen-bond acceptors (Lipinski definition) is 6. The molecule has 0 atom stereocenters. The molecule has 3 aromatic heterocycles. The maximum Gasteiger partial charge on any atom is 0.262 e. The molecule has 0 spiro atoms. The van der Waals surface area contributed by atoms with E-state index in [9.17, 15) is 9.59 Å². The van der Waals surface area contributed by atoms with E-state index in [-0.39, 0.29) is 11.0 Å². The summed E-state index contributed by atoms with van der Waals surface area (Å²) in [6, 6.07) is 3.49. The number of anilines is 1. The van der Waals surface area contributed by atoms with E-state index in [4.69, 9.17) is 0 Å². The van der Waals surface area contributed by atoms with Gasteiger partial charge < -0.3 is 4.57 Å². The van der Waals surface area contributed by atoms with Crippen LogP contribution in [0.5, 0.6) is 0 Å². The largest absolute Gasteiger partial charge is 0.332 e. The molecule has 0 saturated carbocycles. The molecule has 136 valence electrons. The van der Waals surface area contributed by atoms with Crippen molar-refractivity contribution in [3.8, 4) is 0 Å². The molecule has 0 fully saturated rings. The van der Waals surface area contributed by atoms with Gasteiger partial charge in [0.25, 0.3) is 5.91 Å². The normalized spacial score (nSPS) is 11.0. The summed E-state index contributed by atoms with van der Waals surface area (Å²) in [5.41, 5.74) is 1.16. The Balaban J connectivity index is 1.93. The van der Waals surface area contributed by atoms with Crippen molar-refractivity contribution < 1.29 is 4.79 Å². The zero-order chi connectivity index (χ0) is 18.7. The van der Waals surface area contributed by atoms with Gasteiger partial charge in [0.1, 0.15) is 16.2 Å². The van der Waals surface area contributed by atoms with Crippen molar-refractivity contribution in [2.75, 3.05) is 5.32 Å². The smallest absolute Gasteiger partial charge is 0.262 e. The fourth-order valence-electron chi connectivity index (χ4n) is 2.66. The highest BCUT2D eigenvalue weighted by molar-refractivity contribution is 7.15. The van der Waals surface area contributed by atoms with Crippen LogP contribution >= 0.6 is 11.3 Å². The predicted octanol–water partition coefficient (Wildman–Crippen LogP) is 3.17. The first kappa shape index (κ1) is 18.2. The third kappa shape index (κ3) is 3.65. The summed E-state index contributed by atoms with van der Waals surface area (Å²) >= 11 is 1.34. The first-order valence-electron chi connectivity index (χ1n) is 8.68. The van der Waals surface area contributed by atoms with Crippen molar-refractivity contribution in [2.24, 2.45) is 0 Å². The number of aryl methyl sites for hydroxylation is 3. The van der Waals surface area contributed by atoms with Crippen LogP contribution in [0, 0.1) is 6.92 Å². The minimum atomic E-state index is -0.474. The number of fused-ring (bicyclic) bond motifs is 1. The standard InChI is InChI=1S/C18H21N5O2S/c1-4-6-7-14-21-22-18(26-14)20-17(25)13-10-23(5-2)16-12(15(13)24)9-8-11(3)19-16/h8-10H,4-7H2,1-3H3,(H,20,22,25). The monoisotopic (exact) mass is 371 g/mol. The number of nitrogens with one attached hydrogen (secondary N) is 1. The molecule has 0 aliphatic carbocycles. The molecule has 0 unspecified atom stereocenters. The number of rotatable bonds is 6. The first-order chi connectivity index (χ1) is 12.5. The lowest BCUT2D eigenvalue weighted by Crippen LogP contribution is -2.24. The van der Waals surface area contributed by atoms with Crippen LogP contribution in [0.25, 0.3) is 11.0 Å². The molecule has 3 rings (SSSR count). The lowest BCUT2D eigenvalue weighted by Gasteiger charge is -2.10. The minimum Gasteiger partial charge on any atom is -0.332 e. The van der Waals surface area contributed by atoms with Gasteiger partial charge in [0.2, 0.25) is 10.6 Å². The number of hydrogen-bond donors (Lipinski definition) is 1. The molecule has 1 N–H and O–H groups in total. The lowest BCUT2D eigenvalue weighted by atomic mass is 10.1. The highest BCUT2D eigenvalue weighted by atomic mass is 32.1. The van der Waals surface area contributed by atoms with Gasteiger partial charge in [-0.25, -0.2) is 4.98 Å². The summed E-state index contributed by atoms with van der Waals surface area (Å²) in [5, 5.41) is 12.5. The number of amides is 1. The van der Waals surface area contributed by atoms with E-state index in [2.05, 4.69) is 27.4 Å². The van der Waals surface area contributed by atoms with Gasteiger partial charge in [-0.15, -0.1) is 10.2 Å². The lowest BCUT2D eigenvalue weighted by molar-refractivity contribution is 0.102. The zero-order valence-electron chi connectivity index (χ0n) is 15.1. The van der Waals surface area contributed by atoms with E-state index in [1.165, 1.54) is 11.3 Å². The van der Waals surface area contributed by atoms with Gasteiger partial charge in [0.05, 0.1) is 5.39 Å². The van der Waals surface area contributed by atoms with Crippen LogP contribution in [0.4, 0.5) is 5.13 Å². The number of pyridine rings is 2.